The number of hydrogen-bond donors (Lipinski definition) is 1. The number of benzene rings is 1. The fourth-order valence-corrected chi connectivity index (χ4v) is 2.49. The number of nitrogens with one attached hydrogen (secondary N) is 1. The largest absolute Gasteiger partial charge is 0.333 e. The minimum Gasteiger partial charge on any atom is -0.333 e. The summed E-state index contributed by atoms with van der Waals surface area (Å²) in [6.07, 6.45) is 0. The number of amides is 2. The molecular weight excluding hydrogens is 275 g/mol. The Morgan fingerprint density at radius 2 is 2.05 bits per heavy atom. The highest BCUT2D eigenvalue weighted by atomic mass is 32.1. The van der Waals surface area contributed by atoms with Gasteiger partial charge in [-0.15, -0.1) is 11.3 Å². The molecule has 106 valence electrons. The molecule has 0 aliphatic rings. The molecule has 3 nitrogen and oxygen atoms in total. The maximum atomic E-state index is 12.9. The first-order valence-electron chi connectivity index (χ1n) is 6.36. The molecule has 1 aromatic heterocycles. The molecule has 0 aliphatic carbocycles. The van der Waals surface area contributed by atoms with Crippen molar-refractivity contribution < 1.29 is 9.18 Å². The van der Waals surface area contributed by atoms with Gasteiger partial charge in [-0.2, -0.15) is 0 Å². The summed E-state index contributed by atoms with van der Waals surface area (Å²) in [7, 11) is 1.73. The molecule has 0 saturated heterocycles. The standard InChI is InChI=1S/C15H17FN2OS/c1-11(12-5-7-13(16)8-6-12)18(2)15(19)17-10-14-4-3-9-20-14/h3-9,11H,10H2,1-2H3,(H,17,19). The summed E-state index contributed by atoms with van der Waals surface area (Å²) in [5.74, 6) is -0.272. The van der Waals surface area contributed by atoms with Crippen molar-refractivity contribution in [2.45, 2.75) is 19.5 Å². The number of urea groups is 1. The lowest BCUT2D eigenvalue weighted by atomic mass is 10.1. The topological polar surface area (TPSA) is 32.3 Å². The molecule has 1 N–H and O–H groups in total. The molecule has 1 heterocycles. The van der Waals surface area contributed by atoms with Crippen molar-refractivity contribution in [2.24, 2.45) is 0 Å². The Labute approximate surface area is 122 Å². The van der Waals surface area contributed by atoms with Crippen molar-refractivity contribution in [3.63, 3.8) is 0 Å². The van der Waals surface area contributed by atoms with Crippen LogP contribution in [0.1, 0.15) is 23.4 Å². The Kier molecular flexibility index (Phi) is 4.74. The van der Waals surface area contributed by atoms with E-state index in [0.29, 0.717) is 6.54 Å². The number of thiophene rings is 1. The summed E-state index contributed by atoms with van der Waals surface area (Å²) in [4.78, 5) is 14.8. The van der Waals surface area contributed by atoms with Crippen LogP contribution in [0.5, 0.6) is 0 Å². The van der Waals surface area contributed by atoms with Crippen molar-refractivity contribution in [2.75, 3.05) is 7.05 Å². The zero-order valence-corrected chi connectivity index (χ0v) is 12.3. The van der Waals surface area contributed by atoms with Crippen molar-refractivity contribution >= 4 is 17.4 Å². The predicted octanol–water partition coefficient (Wildman–Crippen LogP) is 3.79. The van der Waals surface area contributed by atoms with Crippen LogP contribution in [0.4, 0.5) is 9.18 Å². The van der Waals surface area contributed by atoms with Crippen LogP contribution in [0, 0.1) is 5.82 Å². The van der Waals surface area contributed by atoms with Crippen molar-refractivity contribution in [1.29, 1.82) is 0 Å². The van der Waals surface area contributed by atoms with Gasteiger partial charge in [-0.05, 0) is 36.1 Å². The van der Waals surface area contributed by atoms with Gasteiger partial charge in [0.2, 0.25) is 0 Å². The molecule has 1 unspecified atom stereocenters. The van der Waals surface area contributed by atoms with Crippen LogP contribution in [-0.4, -0.2) is 18.0 Å². The molecule has 0 saturated carbocycles. The van der Waals surface area contributed by atoms with E-state index < -0.39 is 0 Å². The summed E-state index contributed by atoms with van der Waals surface area (Å²) < 4.78 is 12.9. The minimum absolute atomic E-state index is 0.112. The monoisotopic (exact) mass is 292 g/mol. The van der Waals surface area contributed by atoms with Crippen LogP contribution in [0.3, 0.4) is 0 Å². The number of rotatable bonds is 4. The zero-order chi connectivity index (χ0) is 14.5. The molecule has 0 radical (unpaired) electrons. The highest BCUT2D eigenvalue weighted by Crippen LogP contribution is 2.19. The Morgan fingerprint density at radius 3 is 2.65 bits per heavy atom. The molecule has 2 rings (SSSR count). The van der Waals surface area contributed by atoms with Crippen LogP contribution < -0.4 is 5.32 Å². The predicted molar refractivity (Wildman–Crippen MR) is 79.1 cm³/mol. The quantitative estimate of drug-likeness (QED) is 0.913. The van der Waals surface area contributed by atoms with Crippen LogP contribution in [-0.2, 0) is 6.54 Å². The molecular formula is C15H17FN2OS. The molecule has 0 fully saturated rings. The second kappa shape index (κ2) is 6.52. The third kappa shape index (κ3) is 3.57. The van der Waals surface area contributed by atoms with Crippen LogP contribution >= 0.6 is 11.3 Å². The van der Waals surface area contributed by atoms with Crippen molar-refractivity contribution in [3.8, 4) is 0 Å². The van der Waals surface area contributed by atoms with Gasteiger partial charge in [0, 0.05) is 11.9 Å². The van der Waals surface area contributed by atoms with Gasteiger partial charge in [-0.3, -0.25) is 0 Å². The maximum Gasteiger partial charge on any atom is 0.317 e. The summed E-state index contributed by atoms with van der Waals surface area (Å²) >= 11 is 1.61. The van der Waals surface area contributed by atoms with Crippen LogP contribution in [0.25, 0.3) is 0 Å². The Morgan fingerprint density at radius 1 is 1.35 bits per heavy atom. The van der Waals surface area contributed by atoms with E-state index in [1.165, 1.54) is 12.1 Å². The van der Waals surface area contributed by atoms with Gasteiger partial charge in [0.15, 0.2) is 0 Å². The van der Waals surface area contributed by atoms with E-state index in [-0.39, 0.29) is 17.9 Å². The van der Waals surface area contributed by atoms with Crippen LogP contribution in [0.2, 0.25) is 0 Å². The maximum absolute atomic E-state index is 12.9. The minimum atomic E-state index is -0.272. The molecule has 5 heteroatoms. The zero-order valence-electron chi connectivity index (χ0n) is 11.5. The Bertz CT molecular complexity index is 554. The molecule has 1 aromatic carbocycles. The van der Waals surface area contributed by atoms with E-state index >= 15 is 0 Å². The number of carbonyl (C=O) groups is 1. The molecule has 1 atom stereocenters. The summed E-state index contributed by atoms with van der Waals surface area (Å²) in [5, 5.41) is 4.85. The first-order valence-corrected chi connectivity index (χ1v) is 7.24. The number of carbonyl (C=O) groups excluding carboxylic acids is 1. The number of halogens is 1. The van der Waals surface area contributed by atoms with Gasteiger partial charge in [0.25, 0.3) is 0 Å². The smallest absolute Gasteiger partial charge is 0.317 e. The summed E-state index contributed by atoms with van der Waals surface area (Å²) in [6.45, 7) is 2.44. The van der Waals surface area contributed by atoms with E-state index in [1.807, 2.05) is 24.4 Å². The second-order valence-electron chi connectivity index (χ2n) is 4.58. The van der Waals surface area contributed by atoms with Crippen molar-refractivity contribution in [1.82, 2.24) is 10.2 Å². The van der Waals surface area contributed by atoms with E-state index in [0.717, 1.165) is 10.4 Å². The average molecular weight is 292 g/mol. The van der Waals surface area contributed by atoms with Crippen molar-refractivity contribution in [3.05, 3.63) is 58.0 Å². The molecule has 20 heavy (non-hydrogen) atoms. The molecule has 2 amide bonds. The van der Waals surface area contributed by atoms with E-state index in [1.54, 1.807) is 35.4 Å². The van der Waals surface area contributed by atoms with E-state index in [9.17, 15) is 9.18 Å². The second-order valence-corrected chi connectivity index (χ2v) is 5.61. The fraction of sp³-hybridized carbons (Fsp3) is 0.267. The summed E-state index contributed by atoms with van der Waals surface area (Å²) in [5.41, 5.74) is 0.903. The lowest BCUT2D eigenvalue weighted by Crippen LogP contribution is -2.38. The van der Waals surface area contributed by atoms with Gasteiger partial charge in [0.05, 0.1) is 12.6 Å². The SMILES string of the molecule is CC(c1ccc(F)cc1)N(C)C(=O)NCc1cccs1. The summed E-state index contributed by atoms with van der Waals surface area (Å²) in [6, 6.07) is 9.89. The lowest BCUT2D eigenvalue weighted by Gasteiger charge is -2.25. The van der Waals surface area contributed by atoms with Gasteiger partial charge in [-0.25, -0.2) is 9.18 Å². The third-order valence-electron chi connectivity index (χ3n) is 3.25. The van der Waals surface area contributed by atoms with Crippen LogP contribution in [0.15, 0.2) is 41.8 Å². The Hall–Kier alpha value is -1.88. The molecule has 0 bridgehead atoms. The third-order valence-corrected chi connectivity index (χ3v) is 4.12. The molecule has 0 aliphatic heterocycles. The van der Waals surface area contributed by atoms with Gasteiger partial charge in [0.1, 0.15) is 5.82 Å². The lowest BCUT2D eigenvalue weighted by molar-refractivity contribution is 0.194. The van der Waals surface area contributed by atoms with Gasteiger partial charge >= 0.3 is 6.03 Å². The number of hydrogen-bond acceptors (Lipinski definition) is 2. The van der Waals surface area contributed by atoms with E-state index in [4.69, 9.17) is 0 Å². The first kappa shape index (κ1) is 14.5. The van der Waals surface area contributed by atoms with Gasteiger partial charge in [-0.1, -0.05) is 18.2 Å². The van der Waals surface area contributed by atoms with E-state index in [2.05, 4.69) is 5.32 Å². The highest BCUT2D eigenvalue weighted by molar-refractivity contribution is 7.09. The normalized spacial score (nSPS) is 11.9. The molecule has 0 spiro atoms. The highest BCUT2D eigenvalue weighted by Gasteiger charge is 2.17. The average Bonchev–Trinajstić information content (AvgIpc) is 2.97. The molecule has 2 aromatic rings. The number of nitrogens with zero attached hydrogens (tertiary/aromatic N) is 1. The fourth-order valence-electron chi connectivity index (χ4n) is 1.84. The Balaban J connectivity index is 1.93. The van der Waals surface area contributed by atoms with Gasteiger partial charge < -0.3 is 10.2 Å². The first-order chi connectivity index (χ1) is 9.58.